The molecule has 124 valence electrons. The van der Waals surface area contributed by atoms with Crippen LogP contribution in [-0.4, -0.2) is 19.5 Å². The molecule has 0 atom stereocenters. The van der Waals surface area contributed by atoms with Crippen molar-refractivity contribution in [2.45, 2.75) is 13.8 Å². The zero-order chi connectivity index (χ0) is 17.4. The predicted molar refractivity (Wildman–Crippen MR) is 99.3 cm³/mol. The fourth-order valence-electron chi connectivity index (χ4n) is 3.06. The molecule has 0 saturated heterocycles. The summed E-state index contributed by atoms with van der Waals surface area (Å²) in [6.45, 7) is 4.15. The minimum absolute atomic E-state index is 0.213. The van der Waals surface area contributed by atoms with E-state index >= 15 is 0 Å². The number of aromatic nitrogens is 3. The number of aryl methyl sites for hydroxylation is 2. The zero-order valence-corrected chi connectivity index (χ0v) is 14.1. The number of hydrogen-bond acceptors (Lipinski definition) is 4. The van der Waals surface area contributed by atoms with E-state index < -0.39 is 0 Å². The second-order valence-corrected chi connectivity index (χ2v) is 6.17. The first-order chi connectivity index (χ1) is 12.1. The van der Waals surface area contributed by atoms with E-state index in [-0.39, 0.29) is 5.75 Å². The lowest BCUT2D eigenvalue weighted by Gasteiger charge is -2.11. The van der Waals surface area contributed by atoms with E-state index in [0.717, 1.165) is 28.4 Å². The molecule has 2 aromatic carbocycles. The van der Waals surface area contributed by atoms with E-state index in [9.17, 15) is 5.11 Å². The molecule has 0 amide bonds. The summed E-state index contributed by atoms with van der Waals surface area (Å²) in [5.41, 5.74) is 5.73. The van der Waals surface area contributed by atoms with Crippen molar-refractivity contribution in [1.82, 2.24) is 14.4 Å². The van der Waals surface area contributed by atoms with Gasteiger partial charge in [-0.1, -0.05) is 18.2 Å². The molecule has 5 nitrogen and oxygen atoms in total. The minimum atomic E-state index is 0.213. The van der Waals surface area contributed by atoms with Gasteiger partial charge in [0.25, 0.3) is 0 Å². The lowest BCUT2D eigenvalue weighted by molar-refractivity contribution is 0.475. The summed E-state index contributed by atoms with van der Waals surface area (Å²) in [4.78, 5) is 8.85. The highest BCUT2D eigenvalue weighted by Gasteiger charge is 2.15. The van der Waals surface area contributed by atoms with Gasteiger partial charge < -0.3 is 10.4 Å². The van der Waals surface area contributed by atoms with Gasteiger partial charge in [-0.3, -0.25) is 9.38 Å². The van der Waals surface area contributed by atoms with E-state index in [1.807, 2.05) is 22.7 Å². The number of aromatic hydroxyl groups is 1. The third-order valence-electron chi connectivity index (χ3n) is 4.03. The van der Waals surface area contributed by atoms with Crippen molar-refractivity contribution in [3.8, 4) is 17.0 Å². The minimum Gasteiger partial charge on any atom is -0.508 e. The number of nitrogens with one attached hydrogen (secondary N) is 1. The van der Waals surface area contributed by atoms with Crippen LogP contribution in [0.4, 0.5) is 11.5 Å². The summed E-state index contributed by atoms with van der Waals surface area (Å²) in [7, 11) is 0. The van der Waals surface area contributed by atoms with Gasteiger partial charge in [-0.15, -0.1) is 0 Å². The Morgan fingerprint density at radius 1 is 1.04 bits per heavy atom. The standard InChI is InChI=1S/C20H18N4O/c1-13-8-14(2)10-16(9-13)22-20-19(15-4-3-5-17(25)11-15)23-18-12-21-6-7-24(18)20/h3-12,22,25H,1-2H3. The van der Waals surface area contributed by atoms with E-state index in [4.69, 9.17) is 4.98 Å². The molecule has 2 heterocycles. The largest absolute Gasteiger partial charge is 0.508 e. The van der Waals surface area contributed by atoms with E-state index in [1.165, 1.54) is 11.1 Å². The van der Waals surface area contributed by atoms with Crippen molar-refractivity contribution in [3.63, 3.8) is 0 Å². The van der Waals surface area contributed by atoms with Gasteiger partial charge in [0.15, 0.2) is 5.65 Å². The molecule has 0 spiro atoms. The van der Waals surface area contributed by atoms with Gasteiger partial charge in [-0.2, -0.15) is 0 Å². The highest BCUT2D eigenvalue weighted by atomic mass is 16.3. The Labute approximate surface area is 145 Å². The predicted octanol–water partition coefficient (Wildman–Crippen LogP) is 4.46. The van der Waals surface area contributed by atoms with Crippen LogP contribution in [0.3, 0.4) is 0 Å². The first kappa shape index (κ1) is 15.2. The fraction of sp³-hybridized carbons (Fsp3) is 0.100. The average Bonchev–Trinajstić information content (AvgIpc) is 2.93. The zero-order valence-electron chi connectivity index (χ0n) is 14.1. The quantitative estimate of drug-likeness (QED) is 0.582. The number of hydrogen-bond donors (Lipinski definition) is 2. The molecule has 0 bridgehead atoms. The van der Waals surface area contributed by atoms with Crippen molar-refractivity contribution in [2.75, 3.05) is 5.32 Å². The number of phenolic OH excluding ortho intramolecular Hbond substituents is 1. The van der Waals surface area contributed by atoms with Crippen LogP contribution in [-0.2, 0) is 0 Å². The summed E-state index contributed by atoms with van der Waals surface area (Å²) < 4.78 is 1.96. The number of benzene rings is 2. The van der Waals surface area contributed by atoms with Gasteiger partial charge >= 0.3 is 0 Å². The van der Waals surface area contributed by atoms with Crippen LogP contribution in [0.2, 0.25) is 0 Å². The Morgan fingerprint density at radius 3 is 2.60 bits per heavy atom. The van der Waals surface area contributed by atoms with Crippen LogP contribution < -0.4 is 5.32 Å². The highest BCUT2D eigenvalue weighted by Crippen LogP contribution is 2.32. The van der Waals surface area contributed by atoms with Gasteiger partial charge in [0.2, 0.25) is 0 Å². The third-order valence-corrected chi connectivity index (χ3v) is 4.03. The summed E-state index contributed by atoms with van der Waals surface area (Å²) in [6, 6.07) is 13.4. The smallest absolute Gasteiger partial charge is 0.157 e. The second kappa shape index (κ2) is 5.94. The monoisotopic (exact) mass is 330 g/mol. The van der Waals surface area contributed by atoms with Gasteiger partial charge in [0.05, 0.1) is 6.20 Å². The van der Waals surface area contributed by atoms with Crippen LogP contribution in [0.25, 0.3) is 16.9 Å². The fourth-order valence-corrected chi connectivity index (χ4v) is 3.06. The number of fused-ring (bicyclic) bond motifs is 1. The topological polar surface area (TPSA) is 62.5 Å². The van der Waals surface area contributed by atoms with E-state index in [2.05, 4.69) is 42.3 Å². The Kier molecular flexibility index (Phi) is 3.61. The molecule has 4 aromatic rings. The Balaban J connectivity index is 1.90. The van der Waals surface area contributed by atoms with E-state index in [1.54, 1.807) is 24.5 Å². The summed E-state index contributed by atoms with van der Waals surface area (Å²) >= 11 is 0. The van der Waals surface area contributed by atoms with E-state index in [0.29, 0.717) is 0 Å². The maximum Gasteiger partial charge on any atom is 0.157 e. The number of anilines is 2. The maximum atomic E-state index is 9.84. The Morgan fingerprint density at radius 2 is 1.84 bits per heavy atom. The van der Waals surface area contributed by atoms with Crippen molar-refractivity contribution in [2.24, 2.45) is 0 Å². The lowest BCUT2D eigenvalue weighted by Crippen LogP contribution is -1.98. The molecule has 2 N–H and O–H groups in total. The first-order valence-electron chi connectivity index (χ1n) is 8.07. The molecular weight excluding hydrogens is 312 g/mol. The van der Waals surface area contributed by atoms with Crippen LogP contribution in [0.1, 0.15) is 11.1 Å². The van der Waals surface area contributed by atoms with Gasteiger partial charge in [0.1, 0.15) is 17.3 Å². The molecule has 0 fully saturated rings. The van der Waals surface area contributed by atoms with Crippen molar-refractivity contribution < 1.29 is 5.11 Å². The number of rotatable bonds is 3. The van der Waals surface area contributed by atoms with Crippen molar-refractivity contribution in [1.29, 1.82) is 0 Å². The molecular formula is C20H18N4O. The second-order valence-electron chi connectivity index (χ2n) is 6.17. The summed E-state index contributed by atoms with van der Waals surface area (Å²) in [5, 5.41) is 13.3. The van der Waals surface area contributed by atoms with Crippen LogP contribution in [0, 0.1) is 13.8 Å². The molecule has 0 aliphatic heterocycles. The number of nitrogens with zero attached hydrogens (tertiary/aromatic N) is 3. The highest BCUT2D eigenvalue weighted by molar-refractivity contribution is 5.80. The number of imidazole rings is 1. The molecule has 0 aliphatic rings. The molecule has 4 rings (SSSR count). The molecule has 0 radical (unpaired) electrons. The normalized spacial score (nSPS) is 11.0. The molecule has 25 heavy (non-hydrogen) atoms. The molecule has 5 heteroatoms. The SMILES string of the molecule is Cc1cc(C)cc(Nc2c(-c3cccc(O)c3)nc3cnccn23)c1. The molecule has 0 aliphatic carbocycles. The summed E-state index contributed by atoms with van der Waals surface area (Å²) in [5.74, 6) is 1.05. The third kappa shape index (κ3) is 2.92. The van der Waals surface area contributed by atoms with Crippen LogP contribution in [0.5, 0.6) is 5.75 Å². The molecule has 2 aromatic heterocycles. The number of phenols is 1. The van der Waals surface area contributed by atoms with Gasteiger partial charge in [-0.05, 0) is 49.2 Å². The maximum absolute atomic E-state index is 9.84. The first-order valence-corrected chi connectivity index (χ1v) is 8.07. The van der Waals surface area contributed by atoms with Crippen molar-refractivity contribution in [3.05, 3.63) is 72.2 Å². The summed E-state index contributed by atoms with van der Waals surface area (Å²) in [6.07, 6.45) is 5.33. The van der Waals surface area contributed by atoms with Gasteiger partial charge in [-0.25, -0.2) is 4.98 Å². The van der Waals surface area contributed by atoms with Crippen LogP contribution in [0.15, 0.2) is 61.1 Å². The molecule has 0 saturated carbocycles. The van der Waals surface area contributed by atoms with Crippen LogP contribution >= 0.6 is 0 Å². The van der Waals surface area contributed by atoms with Gasteiger partial charge in [0, 0.05) is 23.6 Å². The average molecular weight is 330 g/mol. The Bertz CT molecular complexity index is 1050. The Hall–Kier alpha value is -3.34. The molecule has 0 unspecified atom stereocenters. The lowest BCUT2D eigenvalue weighted by atomic mass is 10.1. The van der Waals surface area contributed by atoms with Crippen molar-refractivity contribution >= 4 is 17.2 Å².